The molecule has 1 N–H and O–H groups in total. The molecule has 2 aromatic carbocycles. The Balaban J connectivity index is 2.08. The Labute approximate surface area is 117 Å². The second kappa shape index (κ2) is 6.38. The van der Waals surface area contributed by atoms with Crippen molar-refractivity contribution in [1.29, 1.82) is 0 Å². The molecule has 100 valence electrons. The third kappa shape index (κ3) is 3.59. The van der Waals surface area contributed by atoms with E-state index >= 15 is 0 Å². The Morgan fingerprint density at radius 3 is 1.90 bits per heavy atom. The van der Waals surface area contributed by atoms with Crippen molar-refractivity contribution in [2.75, 3.05) is 0 Å². The number of aromatic carboxylic acids is 1. The number of hydrogen-bond donors (Lipinski definition) is 1. The monoisotopic (exact) mass is 266 g/mol. The van der Waals surface area contributed by atoms with Crippen molar-refractivity contribution in [3.8, 4) is 5.75 Å². The molecular formula is C17H14O3. The highest BCUT2D eigenvalue weighted by Crippen LogP contribution is 2.15. The molecule has 0 radical (unpaired) electrons. The highest BCUT2D eigenvalue weighted by atomic mass is 16.5. The van der Waals surface area contributed by atoms with Gasteiger partial charge in [-0.2, -0.15) is 0 Å². The summed E-state index contributed by atoms with van der Waals surface area (Å²) < 4.78 is 5.14. The van der Waals surface area contributed by atoms with Crippen LogP contribution in [0.3, 0.4) is 0 Å². The van der Waals surface area contributed by atoms with Crippen LogP contribution in [0.25, 0.3) is 12.2 Å². The number of hydrogen-bond acceptors (Lipinski definition) is 2. The van der Waals surface area contributed by atoms with Crippen LogP contribution in [0, 0.1) is 0 Å². The molecule has 2 rings (SSSR count). The van der Waals surface area contributed by atoms with E-state index < -0.39 is 5.97 Å². The van der Waals surface area contributed by atoms with Crippen LogP contribution in [0.2, 0.25) is 0 Å². The van der Waals surface area contributed by atoms with Crippen molar-refractivity contribution in [2.24, 2.45) is 0 Å². The van der Waals surface area contributed by atoms with Gasteiger partial charge in [-0.3, -0.25) is 0 Å². The fourth-order valence-electron chi connectivity index (χ4n) is 1.68. The molecule has 0 aliphatic heterocycles. The Morgan fingerprint density at radius 2 is 1.45 bits per heavy atom. The van der Waals surface area contributed by atoms with Crippen LogP contribution in [0.5, 0.6) is 5.75 Å². The molecule has 0 aliphatic rings. The van der Waals surface area contributed by atoms with Crippen LogP contribution in [0.1, 0.15) is 21.5 Å². The number of rotatable bonds is 5. The molecule has 0 atom stereocenters. The minimum atomic E-state index is -0.918. The fraction of sp³-hybridized carbons (Fsp3) is 0. The van der Waals surface area contributed by atoms with Gasteiger partial charge in [-0.1, -0.05) is 43.0 Å². The summed E-state index contributed by atoms with van der Waals surface area (Å²) in [7, 11) is 0. The van der Waals surface area contributed by atoms with Gasteiger partial charge in [-0.15, -0.1) is 0 Å². The largest absolute Gasteiger partial charge is 0.478 e. The van der Waals surface area contributed by atoms with E-state index in [0.29, 0.717) is 0 Å². The number of benzene rings is 2. The van der Waals surface area contributed by atoms with Gasteiger partial charge in [0.15, 0.2) is 0 Å². The Morgan fingerprint density at radius 1 is 0.950 bits per heavy atom. The molecule has 3 nitrogen and oxygen atoms in total. The van der Waals surface area contributed by atoms with Gasteiger partial charge in [0.25, 0.3) is 0 Å². The lowest BCUT2D eigenvalue weighted by Crippen LogP contribution is -1.94. The zero-order valence-electron chi connectivity index (χ0n) is 10.8. The van der Waals surface area contributed by atoms with Gasteiger partial charge in [0.1, 0.15) is 5.75 Å². The van der Waals surface area contributed by atoms with Crippen molar-refractivity contribution in [1.82, 2.24) is 0 Å². The third-order valence-corrected chi connectivity index (χ3v) is 2.73. The Hall–Kier alpha value is -2.81. The quantitative estimate of drug-likeness (QED) is 0.655. The first-order valence-electron chi connectivity index (χ1n) is 6.08. The van der Waals surface area contributed by atoms with Crippen molar-refractivity contribution in [2.45, 2.75) is 0 Å². The molecule has 0 spiro atoms. The number of carbonyl (C=O) groups is 1. The normalized spacial score (nSPS) is 10.4. The molecule has 3 heteroatoms. The fourth-order valence-corrected chi connectivity index (χ4v) is 1.68. The van der Waals surface area contributed by atoms with Crippen molar-refractivity contribution in [3.63, 3.8) is 0 Å². The average molecular weight is 266 g/mol. The van der Waals surface area contributed by atoms with E-state index in [-0.39, 0.29) is 5.56 Å². The predicted octanol–water partition coefficient (Wildman–Crippen LogP) is 4.08. The van der Waals surface area contributed by atoms with E-state index in [9.17, 15) is 4.79 Å². The lowest BCUT2D eigenvalue weighted by Gasteiger charge is -2.00. The number of carboxylic acids is 1. The van der Waals surface area contributed by atoms with E-state index in [1.807, 2.05) is 36.4 Å². The molecule has 0 unspecified atom stereocenters. The van der Waals surface area contributed by atoms with Gasteiger partial charge in [0, 0.05) is 0 Å². The molecule has 0 saturated heterocycles. The van der Waals surface area contributed by atoms with Gasteiger partial charge in [-0.25, -0.2) is 4.79 Å². The van der Waals surface area contributed by atoms with Crippen LogP contribution < -0.4 is 4.74 Å². The molecule has 0 saturated carbocycles. The highest BCUT2D eigenvalue weighted by molar-refractivity contribution is 5.88. The molecular weight excluding hydrogens is 252 g/mol. The first-order valence-corrected chi connectivity index (χ1v) is 6.08. The van der Waals surface area contributed by atoms with Crippen LogP contribution in [-0.4, -0.2) is 11.1 Å². The van der Waals surface area contributed by atoms with Crippen molar-refractivity contribution < 1.29 is 14.6 Å². The Bertz CT molecular complexity index is 622. The van der Waals surface area contributed by atoms with Crippen LogP contribution in [-0.2, 0) is 0 Å². The summed E-state index contributed by atoms with van der Waals surface area (Å²) in [5, 5.41) is 8.82. The van der Waals surface area contributed by atoms with Crippen LogP contribution >= 0.6 is 0 Å². The summed E-state index contributed by atoms with van der Waals surface area (Å²) in [6, 6.07) is 14.3. The molecule has 0 aliphatic carbocycles. The lowest BCUT2D eigenvalue weighted by atomic mass is 10.1. The minimum Gasteiger partial charge on any atom is -0.478 e. The first-order chi connectivity index (χ1) is 9.69. The summed E-state index contributed by atoms with van der Waals surface area (Å²) in [4.78, 5) is 10.7. The van der Waals surface area contributed by atoms with E-state index in [4.69, 9.17) is 9.84 Å². The van der Waals surface area contributed by atoms with Gasteiger partial charge in [0.05, 0.1) is 11.8 Å². The smallest absolute Gasteiger partial charge is 0.335 e. The average Bonchev–Trinajstić information content (AvgIpc) is 2.47. The predicted molar refractivity (Wildman–Crippen MR) is 79.6 cm³/mol. The molecule has 0 fully saturated rings. The van der Waals surface area contributed by atoms with E-state index in [1.165, 1.54) is 6.26 Å². The summed E-state index contributed by atoms with van der Waals surface area (Å²) in [6.07, 6.45) is 5.26. The van der Waals surface area contributed by atoms with Gasteiger partial charge in [0.2, 0.25) is 0 Å². The lowest BCUT2D eigenvalue weighted by molar-refractivity contribution is 0.0697. The molecule has 0 amide bonds. The summed E-state index contributed by atoms with van der Waals surface area (Å²) in [6.45, 7) is 3.50. The van der Waals surface area contributed by atoms with Crippen LogP contribution in [0.15, 0.2) is 61.4 Å². The molecule has 20 heavy (non-hydrogen) atoms. The van der Waals surface area contributed by atoms with Gasteiger partial charge < -0.3 is 9.84 Å². The third-order valence-electron chi connectivity index (χ3n) is 2.73. The van der Waals surface area contributed by atoms with Gasteiger partial charge >= 0.3 is 5.97 Å². The molecule has 0 bridgehead atoms. The standard InChI is InChI=1S/C17H14O3/c1-2-20-16-11-7-14(8-12-16)4-3-13-5-9-15(10-6-13)17(18)19/h2-12H,1H2,(H,18,19)/b4-3+. The van der Waals surface area contributed by atoms with E-state index in [2.05, 4.69) is 6.58 Å². The highest BCUT2D eigenvalue weighted by Gasteiger charge is 1.99. The van der Waals surface area contributed by atoms with E-state index in [1.54, 1.807) is 24.3 Å². The second-order valence-corrected chi connectivity index (χ2v) is 4.11. The minimum absolute atomic E-state index is 0.285. The maximum absolute atomic E-state index is 10.7. The van der Waals surface area contributed by atoms with E-state index in [0.717, 1.165) is 16.9 Å². The second-order valence-electron chi connectivity index (χ2n) is 4.11. The Kier molecular flexibility index (Phi) is 4.35. The maximum atomic E-state index is 10.7. The zero-order chi connectivity index (χ0) is 14.4. The molecule has 0 heterocycles. The molecule has 0 aromatic heterocycles. The maximum Gasteiger partial charge on any atom is 0.335 e. The SMILES string of the molecule is C=COc1ccc(/C=C/c2ccc(C(=O)O)cc2)cc1. The number of ether oxygens (including phenoxy) is 1. The summed E-state index contributed by atoms with van der Waals surface area (Å²) >= 11 is 0. The first kappa shape index (κ1) is 13.6. The van der Waals surface area contributed by atoms with Crippen molar-refractivity contribution in [3.05, 3.63) is 78.1 Å². The topological polar surface area (TPSA) is 46.5 Å². The van der Waals surface area contributed by atoms with Crippen LogP contribution in [0.4, 0.5) is 0 Å². The summed E-state index contributed by atoms with van der Waals surface area (Å²) in [5.74, 6) is -0.179. The van der Waals surface area contributed by atoms with Crippen molar-refractivity contribution >= 4 is 18.1 Å². The number of carboxylic acid groups (broad SMARTS) is 1. The van der Waals surface area contributed by atoms with Gasteiger partial charge in [-0.05, 0) is 35.4 Å². The zero-order valence-corrected chi connectivity index (χ0v) is 10.8. The molecule has 2 aromatic rings. The summed E-state index contributed by atoms with van der Waals surface area (Å²) in [5.41, 5.74) is 2.26.